The van der Waals surface area contributed by atoms with Crippen LogP contribution in [0, 0.1) is 12.8 Å². The first kappa shape index (κ1) is 18.5. The number of hydrogen-bond donors (Lipinski definition) is 2. The highest BCUT2D eigenvalue weighted by Gasteiger charge is 2.24. The number of halogens is 1. The molecule has 2 N–H and O–H groups in total. The molecule has 1 aromatic carbocycles. The number of piperidine rings is 1. The number of nitrogens with zero attached hydrogens (tertiary/aromatic N) is 2. The van der Waals surface area contributed by atoms with Gasteiger partial charge in [-0.3, -0.25) is 9.48 Å². The third kappa shape index (κ3) is 4.16. The average Bonchev–Trinajstić information content (AvgIpc) is 2.92. The molecule has 24 heavy (non-hydrogen) atoms. The molecule has 1 saturated heterocycles. The molecule has 1 aromatic heterocycles. The SMILES string of the molecule is Cc1c(C(=O)NC2CCNCC2C)cnn1Cc1ccccc1.Cl. The van der Waals surface area contributed by atoms with Crippen molar-refractivity contribution in [1.82, 2.24) is 20.4 Å². The minimum Gasteiger partial charge on any atom is -0.349 e. The monoisotopic (exact) mass is 348 g/mol. The number of amides is 1. The number of hydrogen-bond acceptors (Lipinski definition) is 3. The second kappa shape index (κ2) is 8.31. The molecule has 0 saturated carbocycles. The van der Waals surface area contributed by atoms with E-state index in [1.807, 2.05) is 29.8 Å². The molecule has 2 heterocycles. The van der Waals surface area contributed by atoms with Crippen molar-refractivity contribution in [3.05, 3.63) is 53.3 Å². The Morgan fingerprint density at radius 2 is 2.12 bits per heavy atom. The summed E-state index contributed by atoms with van der Waals surface area (Å²) in [5, 5.41) is 10.9. The fraction of sp³-hybridized carbons (Fsp3) is 0.444. The zero-order valence-corrected chi connectivity index (χ0v) is 15.0. The van der Waals surface area contributed by atoms with Gasteiger partial charge in [-0.1, -0.05) is 37.3 Å². The molecule has 6 heteroatoms. The normalized spacial score (nSPS) is 20.2. The van der Waals surface area contributed by atoms with Crippen LogP contribution in [0.4, 0.5) is 0 Å². The molecule has 3 rings (SSSR count). The van der Waals surface area contributed by atoms with E-state index in [4.69, 9.17) is 0 Å². The van der Waals surface area contributed by atoms with E-state index in [9.17, 15) is 4.79 Å². The summed E-state index contributed by atoms with van der Waals surface area (Å²) in [7, 11) is 0. The van der Waals surface area contributed by atoms with Crippen LogP contribution in [0.15, 0.2) is 36.5 Å². The summed E-state index contributed by atoms with van der Waals surface area (Å²) in [6.07, 6.45) is 2.66. The van der Waals surface area contributed by atoms with Crippen molar-refractivity contribution in [1.29, 1.82) is 0 Å². The molecular formula is C18H25ClN4O. The highest BCUT2D eigenvalue weighted by molar-refractivity contribution is 5.95. The Hall–Kier alpha value is -1.85. The van der Waals surface area contributed by atoms with Gasteiger partial charge in [-0.2, -0.15) is 5.10 Å². The Morgan fingerprint density at radius 3 is 2.83 bits per heavy atom. The summed E-state index contributed by atoms with van der Waals surface area (Å²) in [6.45, 7) is 6.72. The van der Waals surface area contributed by atoms with E-state index in [2.05, 4.69) is 34.8 Å². The number of carbonyl (C=O) groups excluding carboxylic acids is 1. The van der Waals surface area contributed by atoms with Gasteiger partial charge in [0.2, 0.25) is 0 Å². The van der Waals surface area contributed by atoms with Crippen molar-refractivity contribution in [2.45, 2.75) is 32.9 Å². The van der Waals surface area contributed by atoms with Gasteiger partial charge in [0.05, 0.1) is 18.3 Å². The first-order valence-corrected chi connectivity index (χ1v) is 8.23. The number of aromatic nitrogens is 2. The van der Waals surface area contributed by atoms with Crippen molar-refractivity contribution in [2.75, 3.05) is 13.1 Å². The molecule has 0 radical (unpaired) electrons. The average molecular weight is 349 g/mol. The van der Waals surface area contributed by atoms with Crippen molar-refractivity contribution >= 4 is 18.3 Å². The Kier molecular flexibility index (Phi) is 6.40. The quantitative estimate of drug-likeness (QED) is 0.892. The maximum absolute atomic E-state index is 12.6. The van der Waals surface area contributed by atoms with Gasteiger partial charge < -0.3 is 10.6 Å². The van der Waals surface area contributed by atoms with Crippen LogP contribution in [-0.2, 0) is 6.54 Å². The van der Waals surface area contributed by atoms with Gasteiger partial charge in [0.1, 0.15) is 0 Å². The molecular weight excluding hydrogens is 324 g/mol. The molecule has 2 unspecified atom stereocenters. The van der Waals surface area contributed by atoms with E-state index in [0.29, 0.717) is 18.0 Å². The standard InChI is InChI=1S/C18H24N4O.ClH/c1-13-10-19-9-8-17(13)21-18(23)16-11-20-22(14(16)2)12-15-6-4-3-5-7-15;/h3-7,11,13,17,19H,8-10,12H2,1-2H3,(H,21,23);1H. The molecule has 5 nitrogen and oxygen atoms in total. The number of carbonyl (C=O) groups is 1. The van der Waals surface area contributed by atoms with Gasteiger partial charge in [-0.05, 0) is 37.9 Å². The van der Waals surface area contributed by atoms with Crippen molar-refractivity contribution in [2.24, 2.45) is 5.92 Å². The Labute approximate surface area is 149 Å². The lowest BCUT2D eigenvalue weighted by molar-refractivity contribution is 0.0913. The highest BCUT2D eigenvalue weighted by Crippen LogP contribution is 2.14. The molecule has 130 valence electrons. The largest absolute Gasteiger partial charge is 0.349 e. The van der Waals surface area contributed by atoms with Crippen LogP contribution < -0.4 is 10.6 Å². The summed E-state index contributed by atoms with van der Waals surface area (Å²) in [5.74, 6) is 0.438. The summed E-state index contributed by atoms with van der Waals surface area (Å²) < 4.78 is 1.89. The third-order valence-electron chi connectivity index (χ3n) is 4.62. The van der Waals surface area contributed by atoms with E-state index in [-0.39, 0.29) is 24.4 Å². The van der Waals surface area contributed by atoms with E-state index < -0.39 is 0 Å². The van der Waals surface area contributed by atoms with Gasteiger partial charge in [0.25, 0.3) is 5.91 Å². The van der Waals surface area contributed by atoms with Crippen LogP contribution in [0.2, 0.25) is 0 Å². The number of benzene rings is 1. The second-order valence-electron chi connectivity index (χ2n) is 6.34. The lowest BCUT2D eigenvalue weighted by Gasteiger charge is -2.30. The summed E-state index contributed by atoms with van der Waals surface area (Å²) in [5.41, 5.74) is 2.76. The zero-order valence-electron chi connectivity index (χ0n) is 14.2. The van der Waals surface area contributed by atoms with Crippen LogP contribution in [0.5, 0.6) is 0 Å². The predicted molar refractivity (Wildman–Crippen MR) is 97.7 cm³/mol. The maximum Gasteiger partial charge on any atom is 0.254 e. The van der Waals surface area contributed by atoms with Crippen LogP contribution in [0.1, 0.15) is 35.0 Å². The van der Waals surface area contributed by atoms with Crippen LogP contribution >= 0.6 is 12.4 Å². The Morgan fingerprint density at radius 1 is 1.38 bits per heavy atom. The van der Waals surface area contributed by atoms with E-state index in [1.165, 1.54) is 5.56 Å². The minimum absolute atomic E-state index is 0. The lowest BCUT2D eigenvalue weighted by atomic mass is 9.95. The molecule has 2 atom stereocenters. The van der Waals surface area contributed by atoms with Crippen LogP contribution in [0.3, 0.4) is 0 Å². The molecule has 1 aliphatic rings. The first-order valence-electron chi connectivity index (χ1n) is 8.23. The fourth-order valence-electron chi connectivity index (χ4n) is 3.06. The van der Waals surface area contributed by atoms with Crippen molar-refractivity contribution in [3.8, 4) is 0 Å². The fourth-order valence-corrected chi connectivity index (χ4v) is 3.06. The molecule has 1 fully saturated rings. The van der Waals surface area contributed by atoms with Gasteiger partial charge in [-0.25, -0.2) is 0 Å². The minimum atomic E-state index is -0.0134. The Bertz CT molecular complexity index is 671. The molecule has 1 amide bonds. The summed E-state index contributed by atoms with van der Waals surface area (Å²) >= 11 is 0. The van der Waals surface area contributed by atoms with E-state index in [0.717, 1.165) is 25.2 Å². The molecule has 1 aliphatic heterocycles. The van der Waals surface area contributed by atoms with Gasteiger partial charge in [-0.15, -0.1) is 12.4 Å². The van der Waals surface area contributed by atoms with Gasteiger partial charge in [0, 0.05) is 11.7 Å². The smallest absolute Gasteiger partial charge is 0.254 e. The lowest BCUT2D eigenvalue weighted by Crippen LogP contribution is -2.48. The molecule has 0 aliphatic carbocycles. The maximum atomic E-state index is 12.6. The molecule has 0 spiro atoms. The predicted octanol–water partition coefficient (Wildman–Crippen LogP) is 2.39. The van der Waals surface area contributed by atoms with E-state index in [1.54, 1.807) is 6.20 Å². The van der Waals surface area contributed by atoms with Gasteiger partial charge in [0.15, 0.2) is 0 Å². The highest BCUT2D eigenvalue weighted by atomic mass is 35.5. The molecule has 0 bridgehead atoms. The van der Waals surface area contributed by atoms with Gasteiger partial charge >= 0.3 is 0 Å². The number of nitrogens with one attached hydrogen (secondary N) is 2. The topological polar surface area (TPSA) is 59.0 Å². The van der Waals surface area contributed by atoms with Crippen molar-refractivity contribution in [3.63, 3.8) is 0 Å². The van der Waals surface area contributed by atoms with Crippen molar-refractivity contribution < 1.29 is 4.79 Å². The molecule has 2 aromatic rings. The van der Waals surface area contributed by atoms with Crippen LogP contribution in [0.25, 0.3) is 0 Å². The van der Waals surface area contributed by atoms with Crippen LogP contribution in [-0.4, -0.2) is 34.8 Å². The summed E-state index contributed by atoms with van der Waals surface area (Å²) in [4.78, 5) is 12.6. The first-order chi connectivity index (χ1) is 11.1. The number of rotatable bonds is 4. The van der Waals surface area contributed by atoms with E-state index >= 15 is 0 Å². The third-order valence-corrected chi connectivity index (χ3v) is 4.62. The Balaban J connectivity index is 0.00000208. The zero-order chi connectivity index (χ0) is 16.2. The summed E-state index contributed by atoms with van der Waals surface area (Å²) in [6, 6.07) is 10.4. The second-order valence-corrected chi connectivity index (χ2v) is 6.34.